The molecule has 0 aromatic rings. The molecule has 1 heterocycles. The fourth-order valence-electron chi connectivity index (χ4n) is 0.768. The molecule has 0 amide bonds. The number of hydrogen-bond acceptors (Lipinski definition) is 3. The van der Waals surface area contributed by atoms with Gasteiger partial charge in [0.1, 0.15) is 6.10 Å². The van der Waals surface area contributed by atoms with Gasteiger partial charge in [-0.15, -0.1) is 0 Å². The highest BCUT2D eigenvalue weighted by Crippen LogP contribution is 2.21. The summed E-state index contributed by atoms with van der Waals surface area (Å²) in [6.45, 7) is 4.16. The molecule has 0 N–H and O–H groups in total. The molecule has 3 nitrogen and oxygen atoms in total. The van der Waals surface area contributed by atoms with Crippen molar-refractivity contribution in [2.75, 3.05) is 6.61 Å². The van der Waals surface area contributed by atoms with E-state index >= 15 is 0 Å². The zero-order valence-electron chi connectivity index (χ0n) is 6.74. The van der Waals surface area contributed by atoms with Crippen LogP contribution in [0.1, 0.15) is 13.8 Å². The van der Waals surface area contributed by atoms with Gasteiger partial charge in [0.15, 0.2) is 0 Å². The molecule has 0 spiro atoms. The molecular weight excluding hydrogens is 144 g/mol. The normalized spacial score (nSPS) is 28.9. The van der Waals surface area contributed by atoms with Gasteiger partial charge in [0.25, 0.3) is 0 Å². The minimum Gasteiger partial charge on any atom is -0.463 e. The molecule has 0 unspecified atom stereocenters. The molecule has 2 atom stereocenters. The van der Waals surface area contributed by atoms with Gasteiger partial charge < -0.3 is 9.47 Å². The van der Waals surface area contributed by atoms with Gasteiger partial charge in [0, 0.05) is 6.08 Å². The molecule has 0 aromatic carbocycles. The minimum atomic E-state index is -0.296. The van der Waals surface area contributed by atoms with Crippen molar-refractivity contribution in [2.24, 2.45) is 0 Å². The molecule has 11 heavy (non-hydrogen) atoms. The van der Waals surface area contributed by atoms with Crippen molar-refractivity contribution in [1.29, 1.82) is 0 Å². The second kappa shape index (κ2) is 3.53. The van der Waals surface area contributed by atoms with Crippen molar-refractivity contribution in [3.05, 3.63) is 12.2 Å². The Bertz CT molecular complexity index is 174. The Morgan fingerprint density at radius 2 is 2.36 bits per heavy atom. The van der Waals surface area contributed by atoms with E-state index in [0.29, 0.717) is 6.61 Å². The Morgan fingerprint density at radius 1 is 1.73 bits per heavy atom. The molecule has 0 bridgehead atoms. The van der Waals surface area contributed by atoms with Crippen molar-refractivity contribution in [2.45, 2.75) is 26.1 Å². The van der Waals surface area contributed by atoms with Crippen LogP contribution in [0.5, 0.6) is 0 Å². The highest BCUT2D eigenvalue weighted by atomic mass is 16.6. The van der Waals surface area contributed by atoms with E-state index in [9.17, 15) is 4.79 Å². The van der Waals surface area contributed by atoms with Gasteiger partial charge in [-0.05, 0) is 19.9 Å². The maximum absolute atomic E-state index is 10.7. The first-order valence-corrected chi connectivity index (χ1v) is 3.74. The van der Waals surface area contributed by atoms with Crippen LogP contribution in [0.2, 0.25) is 0 Å². The van der Waals surface area contributed by atoms with Gasteiger partial charge in [0.05, 0.1) is 12.7 Å². The van der Waals surface area contributed by atoms with Gasteiger partial charge in [-0.1, -0.05) is 0 Å². The average Bonchev–Trinajstić information content (AvgIpc) is 2.63. The van der Waals surface area contributed by atoms with E-state index in [1.165, 1.54) is 6.08 Å². The fourth-order valence-corrected chi connectivity index (χ4v) is 0.768. The highest BCUT2D eigenvalue weighted by molar-refractivity contribution is 5.82. The van der Waals surface area contributed by atoms with Crippen LogP contribution in [0.3, 0.4) is 0 Å². The summed E-state index contributed by atoms with van der Waals surface area (Å²) in [7, 11) is 0. The Morgan fingerprint density at radius 3 is 2.82 bits per heavy atom. The molecule has 0 saturated carbocycles. The number of epoxide rings is 1. The van der Waals surface area contributed by atoms with Crippen LogP contribution >= 0.6 is 0 Å². The quantitative estimate of drug-likeness (QED) is 0.346. The number of carbonyl (C=O) groups is 1. The molecule has 1 rings (SSSR count). The van der Waals surface area contributed by atoms with Crippen LogP contribution in [0.4, 0.5) is 0 Å². The Labute approximate surface area is 66.0 Å². The first kappa shape index (κ1) is 8.27. The lowest BCUT2D eigenvalue weighted by Gasteiger charge is -1.92. The summed E-state index contributed by atoms with van der Waals surface area (Å²) in [6.07, 6.45) is 3.53. The third kappa shape index (κ3) is 2.72. The molecule has 1 saturated heterocycles. The van der Waals surface area contributed by atoms with Crippen molar-refractivity contribution < 1.29 is 14.3 Å². The number of carbonyl (C=O) groups excluding carboxylic acids is 1. The number of esters is 1. The van der Waals surface area contributed by atoms with E-state index in [0.717, 1.165) is 0 Å². The monoisotopic (exact) mass is 156 g/mol. The zero-order valence-corrected chi connectivity index (χ0v) is 6.74. The van der Waals surface area contributed by atoms with Gasteiger partial charge in [0.2, 0.25) is 0 Å². The molecule has 0 radical (unpaired) electrons. The van der Waals surface area contributed by atoms with Crippen molar-refractivity contribution in [1.82, 2.24) is 0 Å². The first-order valence-electron chi connectivity index (χ1n) is 3.74. The van der Waals surface area contributed by atoms with Gasteiger partial charge in [-0.2, -0.15) is 0 Å². The number of rotatable bonds is 3. The van der Waals surface area contributed by atoms with E-state index in [2.05, 4.69) is 4.74 Å². The van der Waals surface area contributed by atoms with Crippen LogP contribution in [0, 0.1) is 0 Å². The molecular formula is C8H12O3. The van der Waals surface area contributed by atoms with E-state index in [1.54, 1.807) is 13.0 Å². The third-order valence-corrected chi connectivity index (χ3v) is 1.47. The largest absolute Gasteiger partial charge is 0.463 e. The molecule has 0 aromatic heterocycles. The SMILES string of the molecule is CCOC(=O)/C=C/[C@@H]1O[C@@H]1C. The predicted octanol–water partition coefficient (Wildman–Crippen LogP) is 0.893. The molecule has 1 aliphatic rings. The lowest BCUT2D eigenvalue weighted by Crippen LogP contribution is -1.99. The molecule has 0 aliphatic carbocycles. The van der Waals surface area contributed by atoms with E-state index in [-0.39, 0.29) is 18.2 Å². The van der Waals surface area contributed by atoms with E-state index < -0.39 is 0 Å². The maximum atomic E-state index is 10.7. The van der Waals surface area contributed by atoms with E-state index in [1.807, 2.05) is 6.92 Å². The fraction of sp³-hybridized carbons (Fsp3) is 0.625. The van der Waals surface area contributed by atoms with Crippen LogP contribution in [0.25, 0.3) is 0 Å². The zero-order chi connectivity index (χ0) is 8.27. The van der Waals surface area contributed by atoms with Crippen molar-refractivity contribution in [3.8, 4) is 0 Å². The summed E-state index contributed by atoms with van der Waals surface area (Å²) in [5.41, 5.74) is 0. The standard InChI is InChI=1S/C8H12O3/c1-3-10-8(9)5-4-7-6(2)11-7/h4-7H,3H2,1-2H3/b5-4+/t6-,7+/m1/s1. The van der Waals surface area contributed by atoms with Crippen molar-refractivity contribution in [3.63, 3.8) is 0 Å². The van der Waals surface area contributed by atoms with Crippen molar-refractivity contribution >= 4 is 5.97 Å². The summed E-state index contributed by atoms with van der Waals surface area (Å²) >= 11 is 0. The maximum Gasteiger partial charge on any atom is 0.330 e. The van der Waals surface area contributed by atoms with Crippen LogP contribution in [0.15, 0.2) is 12.2 Å². The van der Waals surface area contributed by atoms with Gasteiger partial charge in [-0.25, -0.2) is 4.79 Å². The Balaban J connectivity index is 2.18. The summed E-state index contributed by atoms with van der Waals surface area (Å²) in [6, 6.07) is 0. The second-order valence-corrected chi connectivity index (χ2v) is 2.42. The summed E-state index contributed by atoms with van der Waals surface area (Å²) < 4.78 is 9.72. The van der Waals surface area contributed by atoms with Crippen LogP contribution < -0.4 is 0 Å². The van der Waals surface area contributed by atoms with Gasteiger partial charge >= 0.3 is 5.97 Å². The lowest BCUT2D eigenvalue weighted by molar-refractivity contribution is -0.137. The lowest BCUT2D eigenvalue weighted by atomic mass is 10.3. The number of ether oxygens (including phenoxy) is 2. The van der Waals surface area contributed by atoms with Crippen LogP contribution in [-0.4, -0.2) is 24.8 Å². The Hall–Kier alpha value is -0.830. The van der Waals surface area contributed by atoms with Gasteiger partial charge in [-0.3, -0.25) is 0 Å². The second-order valence-electron chi connectivity index (χ2n) is 2.42. The minimum absolute atomic E-state index is 0.124. The summed E-state index contributed by atoms with van der Waals surface area (Å²) in [4.78, 5) is 10.7. The smallest absolute Gasteiger partial charge is 0.330 e. The first-order chi connectivity index (χ1) is 5.24. The van der Waals surface area contributed by atoms with Crippen LogP contribution in [-0.2, 0) is 14.3 Å². The Kier molecular flexibility index (Phi) is 2.65. The third-order valence-electron chi connectivity index (χ3n) is 1.47. The molecule has 1 fully saturated rings. The summed E-state index contributed by atoms with van der Waals surface area (Å²) in [5, 5.41) is 0. The number of hydrogen-bond donors (Lipinski definition) is 0. The molecule has 1 aliphatic heterocycles. The highest BCUT2D eigenvalue weighted by Gasteiger charge is 2.31. The van der Waals surface area contributed by atoms with E-state index in [4.69, 9.17) is 4.74 Å². The predicted molar refractivity (Wildman–Crippen MR) is 40.1 cm³/mol. The molecule has 62 valence electrons. The topological polar surface area (TPSA) is 38.8 Å². The average molecular weight is 156 g/mol. The summed E-state index contributed by atoms with van der Waals surface area (Å²) in [5.74, 6) is -0.296. The molecule has 3 heteroatoms.